The molecule has 1 saturated carbocycles. The van der Waals surface area contributed by atoms with E-state index in [1.165, 1.54) is 12.1 Å². The van der Waals surface area contributed by atoms with Crippen LogP contribution in [-0.2, 0) is 6.67 Å². The minimum absolute atomic E-state index is 0.0134. The number of aryl methyl sites for hydroxylation is 1. The van der Waals surface area contributed by atoms with E-state index in [0.717, 1.165) is 25.1 Å². The predicted molar refractivity (Wildman–Crippen MR) is 100 cm³/mol. The van der Waals surface area contributed by atoms with Crippen LogP contribution in [0.2, 0.25) is 0 Å². The second-order valence-electron chi connectivity index (χ2n) is 7.59. The zero-order valence-electron chi connectivity index (χ0n) is 16.0. The van der Waals surface area contributed by atoms with Crippen LogP contribution in [-0.4, -0.2) is 31.9 Å². The Morgan fingerprint density at radius 3 is 2.67 bits per heavy atom. The molecule has 30 heavy (non-hydrogen) atoms. The van der Waals surface area contributed by atoms with Gasteiger partial charge in [0.2, 0.25) is 5.82 Å². The van der Waals surface area contributed by atoms with Crippen molar-refractivity contribution in [2.45, 2.75) is 26.4 Å². The lowest BCUT2D eigenvalue weighted by molar-refractivity contribution is 0.0758. The van der Waals surface area contributed by atoms with E-state index >= 15 is 0 Å². The number of benzene rings is 1. The second-order valence-corrected chi connectivity index (χ2v) is 7.59. The van der Waals surface area contributed by atoms with Crippen LogP contribution in [0.15, 0.2) is 30.5 Å². The van der Waals surface area contributed by atoms with Gasteiger partial charge in [0.05, 0.1) is 24.3 Å². The first-order valence-corrected chi connectivity index (χ1v) is 9.56. The number of aromatic nitrogens is 3. The zero-order valence-corrected chi connectivity index (χ0v) is 16.0. The monoisotopic (exact) mass is 414 g/mol. The number of carbonyl (C=O) groups excluding carboxylic acids is 1. The number of pyridine rings is 1. The molecule has 1 aliphatic heterocycles. The lowest BCUT2D eigenvalue weighted by Gasteiger charge is -2.16. The maximum absolute atomic E-state index is 14.9. The molecule has 0 bridgehead atoms. The van der Waals surface area contributed by atoms with Crippen molar-refractivity contribution in [2.75, 3.05) is 6.54 Å². The summed E-state index contributed by atoms with van der Waals surface area (Å²) >= 11 is 0. The standard InChI is InChI=1S/C21H17F3N4O2/c1-11-18(28-10-27(9-12-2-3-12)21(29)19(28)26-11)15-5-4-14(7-16(15)23)30-20-17(24)6-13(22)8-25-20/h4-8,12H,2-3,9-10H2,1H3. The van der Waals surface area contributed by atoms with Gasteiger partial charge in [-0.15, -0.1) is 0 Å². The van der Waals surface area contributed by atoms with Gasteiger partial charge in [-0.2, -0.15) is 0 Å². The summed E-state index contributed by atoms with van der Waals surface area (Å²) in [4.78, 5) is 22.2. The highest BCUT2D eigenvalue weighted by Crippen LogP contribution is 2.36. The molecule has 3 heterocycles. The van der Waals surface area contributed by atoms with Crippen molar-refractivity contribution < 1.29 is 22.7 Å². The molecule has 154 valence electrons. The number of carbonyl (C=O) groups is 1. The van der Waals surface area contributed by atoms with Crippen molar-refractivity contribution in [3.05, 3.63) is 59.4 Å². The number of nitrogens with zero attached hydrogens (tertiary/aromatic N) is 4. The van der Waals surface area contributed by atoms with Gasteiger partial charge in [0, 0.05) is 24.2 Å². The van der Waals surface area contributed by atoms with E-state index in [1.54, 1.807) is 16.4 Å². The summed E-state index contributed by atoms with van der Waals surface area (Å²) < 4.78 is 48.6. The van der Waals surface area contributed by atoms with Gasteiger partial charge in [0.15, 0.2) is 5.82 Å². The van der Waals surface area contributed by atoms with E-state index in [4.69, 9.17) is 4.74 Å². The Balaban J connectivity index is 1.44. The number of imidazole rings is 1. The summed E-state index contributed by atoms with van der Waals surface area (Å²) in [6.07, 6.45) is 3.06. The highest BCUT2D eigenvalue weighted by molar-refractivity contribution is 5.94. The third kappa shape index (κ3) is 3.20. The average molecular weight is 414 g/mol. The summed E-state index contributed by atoms with van der Waals surface area (Å²) in [5.41, 5.74) is 1.32. The van der Waals surface area contributed by atoms with Gasteiger partial charge in [-0.3, -0.25) is 4.79 Å². The molecule has 1 aromatic carbocycles. The number of amides is 1. The van der Waals surface area contributed by atoms with Crippen molar-refractivity contribution in [1.82, 2.24) is 19.4 Å². The minimum Gasteiger partial charge on any atom is -0.436 e. The largest absolute Gasteiger partial charge is 0.436 e. The van der Waals surface area contributed by atoms with Crippen LogP contribution in [0.3, 0.4) is 0 Å². The minimum atomic E-state index is -0.988. The van der Waals surface area contributed by atoms with E-state index in [-0.39, 0.29) is 17.2 Å². The lowest BCUT2D eigenvalue weighted by Crippen LogP contribution is -2.27. The third-order valence-corrected chi connectivity index (χ3v) is 5.29. The Morgan fingerprint density at radius 2 is 1.97 bits per heavy atom. The number of hydrogen-bond acceptors (Lipinski definition) is 4. The van der Waals surface area contributed by atoms with Crippen LogP contribution in [0.25, 0.3) is 11.3 Å². The lowest BCUT2D eigenvalue weighted by atomic mass is 10.1. The van der Waals surface area contributed by atoms with Crippen LogP contribution in [0.5, 0.6) is 11.6 Å². The molecule has 2 aromatic heterocycles. The molecule has 0 radical (unpaired) electrons. The Bertz CT molecular complexity index is 1170. The van der Waals surface area contributed by atoms with E-state index in [1.807, 2.05) is 0 Å². The Morgan fingerprint density at radius 1 is 1.17 bits per heavy atom. The SMILES string of the molecule is Cc1nc2n(c1-c1ccc(Oc3ncc(F)cc3F)cc1F)CN(CC1CC1)C2=O. The first kappa shape index (κ1) is 18.7. The average Bonchev–Trinajstić information content (AvgIpc) is 3.39. The van der Waals surface area contributed by atoms with Crippen LogP contribution in [0.1, 0.15) is 29.2 Å². The van der Waals surface area contributed by atoms with Crippen molar-refractivity contribution in [2.24, 2.45) is 5.92 Å². The fourth-order valence-electron chi connectivity index (χ4n) is 3.68. The van der Waals surface area contributed by atoms with Crippen LogP contribution < -0.4 is 4.74 Å². The summed E-state index contributed by atoms with van der Waals surface area (Å²) in [5, 5.41) is 0. The van der Waals surface area contributed by atoms with Crippen molar-refractivity contribution in [3.63, 3.8) is 0 Å². The van der Waals surface area contributed by atoms with Gasteiger partial charge < -0.3 is 14.2 Å². The number of ether oxygens (including phenoxy) is 1. The van der Waals surface area contributed by atoms with Gasteiger partial charge in [-0.25, -0.2) is 23.1 Å². The molecule has 0 unspecified atom stereocenters. The van der Waals surface area contributed by atoms with Crippen molar-refractivity contribution in [3.8, 4) is 22.9 Å². The first-order chi connectivity index (χ1) is 14.4. The Hall–Kier alpha value is -3.36. The normalized spacial score (nSPS) is 15.6. The molecule has 6 nitrogen and oxygen atoms in total. The number of fused-ring (bicyclic) bond motifs is 1. The van der Waals surface area contributed by atoms with Crippen LogP contribution >= 0.6 is 0 Å². The molecule has 3 aromatic rings. The topological polar surface area (TPSA) is 60.2 Å². The first-order valence-electron chi connectivity index (χ1n) is 9.56. The molecule has 0 N–H and O–H groups in total. The molecule has 0 spiro atoms. The van der Waals surface area contributed by atoms with Crippen LogP contribution in [0.4, 0.5) is 13.2 Å². The Labute approximate surface area is 169 Å². The fourth-order valence-corrected chi connectivity index (χ4v) is 3.68. The molecule has 1 fully saturated rings. The van der Waals surface area contributed by atoms with Crippen molar-refractivity contribution in [1.29, 1.82) is 0 Å². The maximum atomic E-state index is 14.9. The summed E-state index contributed by atoms with van der Waals surface area (Å²) in [5.74, 6) is -2.18. The third-order valence-electron chi connectivity index (χ3n) is 5.29. The van der Waals surface area contributed by atoms with Crippen LogP contribution in [0, 0.1) is 30.3 Å². The Kier molecular flexibility index (Phi) is 4.27. The summed E-state index contributed by atoms with van der Waals surface area (Å²) in [6, 6.07) is 4.67. The van der Waals surface area contributed by atoms with Gasteiger partial charge in [-0.05, 0) is 37.8 Å². The molecule has 9 heteroatoms. The maximum Gasteiger partial charge on any atom is 0.291 e. The number of rotatable bonds is 5. The molecule has 0 atom stereocenters. The van der Waals surface area contributed by atoms with E-state index in [0.29, 0.717) is 42.4 Å². The van der Waals surface area contributed by atoms with Crippen molar-refractivity contribution >= 4 is 5.91 Å². The molecule has 1 aliphatic carbocycles. The summed E-state index contributed by atoms with van der Waals surface area (Å²) in [7, 11) is 0. The van der Waals surface area contributed by atoms with Gasteiger partial charge in [-0.1, -0.05) is 0 Å². The van der Waals surface area contributed by atoms with E-state index in [2.05, 4.69) is 9.97 Å². The molecule has 5 rings (SSSR count). The molecule has 0 saturated heterocycles. The second kappa shape index (κ2) is 6.86. The molecular formula is C21H17F3N4O2. The van der Waals surface area contributed by atoms with Gasteiger partial charge in [0.1, 0.15) is 17.4 Å². The number of hydrogen-bond donors (Lipinski definition) is 0. The fraction of sp³-hybridized carbons (Fsp3) is 0.286. The van der Waals surface area contributed by atoms with Gasteiger partial charge in [0.25, 0.3) is 11.8 Å². The number of halogens is 3. The van der Waals surface area contributed by atoms with E-state index in [9.17, 15) is 18.0 Å². The smallest absolute Gasteiger partial charge is 0.291 e. The van der Waals surface area contributed by atoms with E-state index < -0.39 is 23.3 Å². The molecular weight excluding hydrogens is 397 g/mol. The quantitative estimate of drug-likeness (QED) is 0.625. The molecule has 2 aliphatic rings. The highest BCUT2D eigenvalue weighted by Gasteiger charge is 2.36. The van der Waals surface area contributed by atoms with Gasteiger partial charge >= 0.3 is 0 Å². The zero-order chi connectivity index (χ0) is 21.0. The predicted octanol–water partition coefficient (Wildman–Crippen LogP) is 4.29. The highest BCUT2D eigenvalue weighted by atomic mass is 19.1. The summed E-state index contributed by atoms with van der Waals surface area (Å²) in [6.45, 7) is 2.75. The molecule has 1 amide bonds.